The Balaban J connectivity index is 2.12. The van der Waals surface area contributed by atoms with Gasteiger partial charge < -0.3 is 14.8 Å². The Morgan fingerprint density at radius 3 is 2.52 bits per heavy atom. The number of nitrogens with one attached hydrogen (secondary N) is 1. The zero-order valence-corrected chi connectivity index (χ0v) is 14.9. The van der Waals surface area contributed by atoms with Gasteiger partial charge in [0.05, 0.1) is 14.2 Å². The first-order valence-corrected chi connectivity index (χ1v) is 8.54. The number of ether oxygens (including phenoxy) is 2. The fraction of sp³-hybridized carbons (Fsp3) is 0.375. The van der Waals surface area contributed by atoms with Crippen molar-refractivity contribution in [2.45, 2.75) is 25.9 Å². The van der Waals surface area contributed by atoms with E-state index in [1.165, 1.54) is 4.88 Å². The second kappa shape index (κ2) is 7.82. The maximum atomic E-state index is 5.37. The summed E-state index contributed by atoms with van der Waals surface area (Å²) >= 11 is 5.39. The molecule has 2 rings (SSSR count). The Morgan fingerprint density at radius 1 is 1.24 bits per heavy atom. The molecule has 1 aromatic heterocycles. The van der Waals surface area contributed by atoms with E-state index >= 15 is 0 Å². The number of methoxy groups -OCH3 is 2. The van der Waals surface area contributed by atoms with E-state index < -0.39 is 0 Å². The number of thiophene rings is 1. The molecule has 0 fully saturated rings. The van der Waals surface area contributed by atoms with E-state index in [0.29, 0.717) is 6.04 Å². The van der Waals surface area contributed by atoms with E-state index in [1.807, 2.05) is 12.1 Å². The van der Waals surface area contributed by atoms with E-state index in [2.05, 4.69) is 45.7 Å². The average Bonchev–Trinajstić information content (AvgIpc) is 3.03. The molecule has 5 heteroatoms. The van der Waals surface area contributed by atoms with Crippen LogP contribution in [0.15, 0.2) is 34.1 Å². The zero-order valence-electron chi connectivity index (χ0n) is 12.5. The third-order valence-corrected chi connectivity index (χ3v) is 5.11. The Labute approximate surface area is 138 Å². The molecule has 1 unspecified atom stereocenters. The maximum absolute atomic E-state index is 5.37. The van der Waals surface area contributed by atoms with E-state index in [1.54, 1.807) is 25.6 Å². The highest BCUT2D eigenvalue weighted by molar-refractivity contribution is 9.10. The van der Waals surface area contributed by atoms with Gasteiger partial charge in [-0.25, -0.2) is 0 Å². The van der Waals surface area contributed by atoms with Crippen molar-refractivity contribution in [1.82, 2.24) is 5.32 Å². The lowest BCUT2D eigenvalue weighted by Gasteiger charge is -2.17. The van der Waals surface area contributed by atoms with Crippen LogP contribution in [0.25, 0.3) is 0 Å². The number of hydrogen-bond donors (Lipinski definition) is 1. The van der Waals surface area contributed by atoms with Crippen LogP contribution in [0.3, 0.4) is 0 Å². The van der Waals surface area contributed by atoms with Gasteiger partial charge in [-0.15, -0.1) is 11.3 Å². The summed E-state index contributed by atoms with van der Waals surface area (Å²) in [4.78, 5) is 1.37. The molecule has 1 aromatic carbocycles. The maximum Gasteiger partial charge on any atom is 0.161 e. The SMILES string of the molecule is CCC(NCc1cc(OC)c(OC)cc1Br)c1cccs1. The van der Waals surface area contributed by atoms with Crippen molar-refractivity contribution in [2.75, 3.05) is 14.2 Å². The Bertz CT molecular complexity index is 572. The number of rotatable bonds is 7. The van der Waals surface area contributed by atoms with Gasteiger partial charge in [0, 0.05) is 21.9 Å². The summed E-state index contributed by atoms with van der Waals surface area (Å²) in [5.74, 6) is 1.49. The molecule has 0 bridgehead atoms. The van der Waals surface area contributed by atoms with Gasteiger partial charge in [-0.1, -0.05) is 28.9 Å². The number of benzene rings is 1. The molecule has 21 heavy (non-hydrogen) atoms. The molecule has 0 amide bonds. The van der Waals surface area contributed by atoms with E-state index in [9.17, 15) is 0 Å². The number of hydrogen-bond acceptors (Lipinski definition) is 4. The van der Waals surface area contributed by atoms with Crippen LogP contribution < -0.4 is 14.8 Å². The second-order valence-corrected chi connectivity index (χ2v) is 6.49. The summed E-state index contributed by atoms with van der Waals surface area (Å²) < 4.78 is 11.7. The molecule has 2 aromatic rings. The highest BCUT2D eigenvalue weighted by Crippen LogP contribution is 2.33. The standard InChI is InChI=1S/C16H20BrNO2S/c1-4-13(16-6-5-7-21-16)18-10-11-8-14(19-2)15(20-3)9-12(11)17/h5-9,13,18H,4,10H2,1-3H3. The normalized spacial score (nSPS) is 12.2. The van der Waals surface area contributed by atoms with Crippen LogP contribution in [-0.4, -0.2) is 14.2 Å². The van der Waals surface area contributed by atoms with Crippen LogP contribution in [0.2, 0.25) is 0 Å². The summed E-state index contributed by atoms with van der Waals surface area (Å²) in [6.45, 7) is 2.97. The molecule has 0 aliphatic carbocycles. The molecule has 0 aliphatic heterocycles. The fourth-order valence-corrected chi connectivity index (χ4v) is 3.55. The minimum atomic E-state index is 0.380. The quantitative estimate of drug-likeness (QED) is 0.762. The summed E-state index contributed by atoms with van der Waals surface area (Å²) in [5, 5.41) is 5.72. The fourth-order valence-electron chi connectivity index (χ4n) is 2.20. The lowest BCUT2D eigenvalue weighted by Crippen LogP contribution is -2.19. The van der Waals surface area contributed by atoms with Crippen molar-refractivity contribution in [3.63, 3.8) is 0 Å². The first-order valence-electron chi connectivity index (χ1n) is 6.86. The highest BCUT2D eigenvalue weighted by Gasteiger charge is 2.13. The molecule has 1 heterocycles. The van der Waals surface area contributed by atoms with Gasteiger partial charge in [0.2, 0.25) is 0 Å². The minimum Gasteiger partial charge on any atom is -0.493 e. The van der Waals surface area contributed by atoms with Crippen LogP contribution in [0.5, 0.6) is 11.5 Å². The third-order valence-electron chi connectivity index (χ3n) is 3.39. The van der Waals surface area contributed by atoms with Gasteiger partial charge in [-0.3, -0.25) is 0 Å². The van der Waals surface area contributed by atoms with Gasteiger partial charge >= 0.3 is 0 Å². The summed E-state index contributed by atoms with van der Waals surface area (Å²) in [6, 6.07) is 8.61. The average molecular weight is 370 g/mol. The lowest BCUT2D eigenvalue weighted by molar-refractivity contribution is 0.354. The van der Waals surface area contributed by atoms with Crippen molar-refractivity contribution < 1.29 is 9.47 Å². The first-order chi connectivity index (χ1) is 10.2. The largest absolute Gasteiger partial charge is 0.493 e. The summed E-state index contributed by atoms with van der Waals surface area (Å²) in [5.41, 5.74) is 1.16. The van der Waals surface area contributed by atoms with Crippen LogP contribution in [0.4, 0.5) is 0 Å². The number of halogens is 1. The van der Waals surface area contributed by atoms with Gasteiger partial charge in [0.1, 0.15) is 0 Å². The van der Waals surface area contributed by atoms with Gasteiger partial charge in [0.25, 0.3) is 0 Å². The van der Waals surface area contributed by atoms with Crippen LogP contribution in [0, 0.1) is 0 Å². The zero-order chi connectivity index (χ0) is 15.2. The molecule has 114 valence electrons. The summed E-state index contributed by atoms with van der Waals surface area (Å²) in [7, 11) is 3.30. The molecule has 1 N–H and O–H groups in total. The highest BCUT2D eigenvalue weighted by atomic mass is 79.9. The van der Waals surface area contributed by atoms with Gasteiger partial charge in [0.15, 0.2) is 11.5 Å². The van der Waals surface area contributed by atoms with Crippen molar-refractivity contribution in [2.24, 2.45) is 0 Å². The van der Waals surface area contributed by atoms with Crippen LogP contribution >= 0.6 is 27.3 Å². The van der Waals surface area contributed by atoms with Crippen LogP contribution in [-0.2, 0) is 6.54 Å². The topological polar surface area (TPSA) is 30.5 Å². The van der Waals surface area contributed by atoms with Gasteiger partial charge in [-0.05, 0) is 35.6 Å². The predicted octanol–water partition coefficient (Wildman–Crippen LogP) is 4.77. The molecule has 0 aliphatic rings. The minimum absolute atomic E-state index is 0.380. The third kappa shape index (κ3) is 3.99. The van der Waals surface area contributed by atoms with Crippen molar-refractivity contribution in [3.05, 3.63) is 44.6 Å². The molecule has 1 atom stereocenters. The van der Waals surface area contributed by atoms with Crippen LogP contribution in [0.1, 0.15) is 29.8 Å². The molecule has 0 radical (unpaired) electrons. The van der Waals surface area contributed by atoms with Gasteiger partial charge in [-0.2, -0.15) is 0 Å². The van der Waals surface area contributed by atoms with Crippen molar-refractivity contribution in [1.29, 1.82) is 0 Å². The monoisotopic (exact) mass is 369 g/mol. The lowest BCUT2D eigenvalue weighted by atomic mass is 10.1. The van der Waals surface area contributed by atoms with Crippen molar-refractivity contribution >= 4 is 27.3 Å². The predicted molar refractivity (Wildman–Crippen MR) is 91.4 cm³/mol. The molecule has 3 nitrogen and oxygen atoms in total. The summed E-state index contributed by atoms with van der Waals surface area (Å²) in [6.07, 6.45) is 1.06. The molecule has 0 saturated carbocycles. The molecule has 0 spiro atoms. The Hall–Kier alpha value is -1.04. The van der Waals surface area contributed by atoms with E-state index in [0.717, 1.165) is 34.5 Å². The van der Waals surface area contributed by atoms with E-state index in [-0.39, 0.29) is 0 Å². The Kier molecular flexibility index (Phi) is 6.08. The molecule has 0 saturated heterocycles. The Morgan fingerprint density at radius 2 is 1.95 bits per heavy atom. The molecular weight excluding hydrogens is 350 g/mol. The van der Waals surface area contributed by atoms with E-state index in [4.69, 9.17) is 9.47 Å². The first kappa shape index (κ1) is 16.3. The smallest absolute Gasteiger partial charge is 0.161 e. The van der Waals surface area contributed by atoms with Crippen molar-refractivity contribution in [3.8, 4) is 11.5 Å². The molecular formula is C16H20BrNO2S. The second-order valence-electron chi connectivity index (χ2n) is 4.66.